The summed E-state index contributed by atoms with van der Waals surface area (Å²) in [5.41, 5.74) is 0. The third-order valence-corrected chi connectivity index (χ3v) is 4.38. The summed E-state index contributed by atoms with van der Waals surface area (Å²) in [4.78, 5) is 13.2. The second-order valence-electron chi connectivity index (χ2n) is 5.83. The van der Waals surface area contributed by atoms with E-state index in [4.69, 9.17) is 9.84 Å². The van der Waals surface area contributed by atoms with Crippen LogP contribution in [0.25, 0.3) is 0 Å². The highest BCUT2D eigenvalue weighted by molar-refractivity contribution is 5.67. The molecule has 2 saturated heterocycles. The van der Waals surface area contributed by atoms with E-state index in [2.05, 4.69) is 4.90 Å². The van der Waals surface area contributed by atoms with E-state index in [1.54, 1.807) is 0 Å². The van der Waals surface area contributed by atoms with Gasteiger partial charge in [-0.05, 0) is 38.5 Å². The lowest BCUT2D eigenvalue weighted by Gasteiger charge is -2.39. The number of piperidine rings is 1. The Labute approximate surface area is 114 Å². The summed E-state index contributed by atoms with van der Waals surface area (Å²) in [6.45, 7) is 3.61. The van der Waals surface area contributed by atoms with Gasteiger partial charge in [-0.3, -0.25) is 9.69 Å². The third kappa shape index (κ3) is 3.91. The van der Waals surface area contributed by atoms with Gasteiger partial charge in [0.05, 0.1) is 12.7 Å². The number of aliphatic carboxylic acids is 1. The fraction of sp³-hybridized carbons (Fsp3) is 0.929. The van der Waals surface area contributed by atoms with Crippen molar-refractivity contribution in [3.05, 3.63) is 0 Å². The summed E-state index contributed by atoms with van der Waals surface area (Å²) in [6, 6.07) is 0.916. The quantitative estimate of drug-likeness (QED) is 0.725. The summed E-state index contributed by atoms with van der Waals surface area (Å²) in [6.07, 6.45) is 4.07. The van der Waals surface area contributed by atoms with Crippen LogP contribution in [0.4, 0.5) is 0 Å². The Bertz CT molecular complexity index is 296. The zero-order valence-corrected chi connectivity index (χ0v) is 11.6. The van der Waals surface area contributed by atoms with Crippen LogP contribution >= 0.6 is 0 Å². The number of carboxylic acid groups (broad SMARTS) is 1. The zero-order valence-electron chi connectivity index (χ0n) is 11.6. The monoisotopic (exact) mass is 271 g/mol. The highest BCUT2D eigenvalue weighted by Gasteiger charge is 2.41. The predicted octanol–water partition coefficient (Wildman–Crippen LogP) is 1.10. The van der Waals surface area contributed by atoms with E-state index in [0.29, 0.717) is 44.2 Å². The molecule has 2 rings (SSSR count). The lowest BCUT2D eigenvalue weighted by molar-refractivity contribution is -0.138. The van der Waals surface area contributed by atoms with E-state index in [1.165, 1.54) is 0 Å². The molecule has 0 aromatic rings. The largest absolute Gasteiger partial charge is 0.481 e. The first kappa shape index (κ1) is 14.8. The van der Waals surface area contributed by atoms with Gasteiger partial charge in [-0.1, -0.05) is 0 Å². The summed E-state index contributed by atoms with van der Waals surface area (Å²) in [5, 5.41) is 18.8. The first-order chi connectivity index (χ1) is 9.10. The highest BCUT2D eigenvalue weighted by atomic mass is 16.5. The van der Waals surface area contributed by atoms with Gasteiger partial charge in [0.1, 0.15) is 0 Å². The minimum absolute atomic E-state index is 0.294. The Morgan fingerprint density at radius 3 is 2.53 bits per heavy atom. The van der Waals surface area contributed by atoms with Gasteiger partial charge in [0.15, 0.2) is 0 Å². The van der Waals surface area contributed by atoms with Crippen LogP contribution in [-0.2, 0) is 9.53 Å². The fourth-order valence-corrected chi connectivity index (χ4v) is 3.65. The molecular weight excluding hydrogens is 246 g/mol. The molecule has 5 nitrogen and oxygen atoms in total. The average Bonchev–Trinajstić information content (AvgIpc) is 2.59. The van der Waals surface area contributed by atoms with Crippen molar-refractivity contribution in [2.45, 2.75) is 57.2 Å². The van der Waals surface area contributed by atoms with E-state index in [9.17, 15) is 9.90 Å². The fourth-order valence-electron chi connectivity index (χ4n) is 3.65. The number of carboxylic acids is 1. The van der Waals surface area contributed by atoms with Crippen molar-refractivity contribution >= 4 is 5.97 Å². The molecule has 0 saturated carbocycles. The van der Waals surface area contributed by atoms with Crippen molar-refractivity contribution in [2.75, 3.05) is 19.8 Å². The minimum Gasteiger partial charge on any atom is -0.481 e. The Kier molecular flexibility index (Phi) is 5.19. The summed E-state index contributed by atoms with van der Waals surface area (Å²) < 4.78 is 5.25. The third-order valence-electron chi connectivity index (χ3n) is 4.38. The summed E-state index contributed by atoms with van der Waals surface area (Å²) in [7, 11) is 0. The maximum atomic E-state index is 10.8. The number of aliphatic hydroxyl groups excluding tert-OH is 1. The molecule has 0 amide bonds. The highest BCUT2D eigenvalue weighted by Crippen LogP contribution is 2.39. The van der Waals surface area contributed by atoms with Crippen LogP contribution in [0.1, 0.15) is 39.0 Å². The van der Waals surface area contributed by atoms with E-state index >= 15 is 0 Å². The SMILES string of the molecule is CCOCC(O)CN1C2CCC1CC(CC(=O)O)C2. The first-order valence-corrected chi connectivity index (χ1v) is 7.33. The maximum Gasteiger partial charge on any atom is 0.303 e. The van der Waals surface area contributed by atoms with Crippen molar-refractivity contribution in [1.82, 2.24) is 4.90 Å². The van der Waals surface area contributed by atoms with Crippen LogP contribution in [0.2, 0.25) is 0 Å². The molecule has 2 aliphatic heterocycles. The predicted molar refractivity (Wildman–Crippen MR) is 71.0 cm³/mol. The molecule has 2 heterocycles. The van der Waals surface area contributed by atoms with Crippen LogP contribution < -0.4 is 0 Å². The Balaban J connectivity index is 1.83. The molecule has 0 aromatic heterocycles. The molecule has 2 fully saturated rings. The van der Waals surface area contributed by atoms with Crippen molar-refractivity contribution in [3.63, 3.8) is 0 Å². The van der Waals surface area contributed by atoms with E-state index < -0.39 is 12.1 Å². The molecule has 0 aliphatic carbocycles. The molecule has 3 atom stereocenters. The summed E-state index contributed by atoms with van der Waals surface area (Å²) in [5.74, 6) is -0.371. The smallest absolute Gasteiger partial charge is 0.303 e. The minimum atomic E-state index is -0.686. The summed E-state index contributed by atoms with van der Waals surface area (Å²) >= 11 is 0. The first-order valence-electron chi connectivity index (χ1n) is 7.33. The van der Waals surface area contributed by atoms with Gasteiger partial charge < -0.3 is 14.9 Å². The molecule has 2 bridgehead atoms. The van der Waals surface area contributed by atoms with Crippen molar-refractivity contribution in [1.29, 1.82) is 0 Å². The van der Waals surface area contributed by atoms with Gasteiger partial charge in [-0.25, -0.2) is 0 Å². The number of nitrogens with zero attached hydrogens (tertiary/aromatic N) is 1. The Hall–Kier alpha value is -0.650. The molecule has 5 heteroatoms. The molecule has 2 N–H and O–H groups in total. The zero-order chi connectivity index (χ0) is 13.8. The van der Waals surface area contributed by atoms with Gasteiger partial charge in [-0.15, -0.1) is 0 Å². The van der Waals surface area contributed by atoms with E-state index in [-0.39, 0.29) is 0 Å². The van der Waals surface area contributed by atoms with Crippen LogP contribution in [0, 0.1) is 5.92 Å². The number of ether oxygens (including phenoxy) is 1. The van der Waals surface area contributed by atoms with Crippen molar-refractivity contribution in [3.8, 4) is 0 Å². The Morgan fingerprint density at radius 1 is 1.37 bits per heavy atom. The van der Waals surface area contributed by atoms with Gasteiger partial charge in [0.25, 0.3) is 0 Å². The number of carbonyl (C=O) groups is 1. The second-order valence-corrected chi connectivity index (χ2v) is 5.83. The molecule has 0 radical (unpaired) electrons. The molecule has 110 valence electrons. The number of rotatable bonds is 7. The van der Waals surface area contributed by atoms with Crippen molar-refractivity contribution < 1.29 is 19.7 Å². The topological polar surface area (TPSA) is 70.0 Å². The number of fused-ring (bicyclic) bond motifs is 2. The lowest BCUT2D eigenvalue weighted by Crippen LogP contribution is -2.47. The normalized spacial score (nSPS) is 32.4. The molecule has 2 aliphatic rings. The molecular formula is C14H25NO4. The van der Waals surface area contributed by atoms with Crippen molar-refractivity contribution in [2.24, 2.45) is 5.92 Å². The number of hydrogen-bond acceptors (Lipinski definition) is 4. The average molecular weight is 271 g/mol. The second kappa shape index (κ2) is 6.68. The van der Waals surface area contributed by atoms with Crippen LogP contribution in [-0.4, -0.2) is 59.0 Å². The van der Waals surface area contributed by atoms with Gasteiger partial charge in [0.2, 0.25) is 0 Å². The molecule has 0 spiro atoms. The van der Waals surface area contributed by atoms with Gasteiger partial charge in [0, 0.05) is 31.7 Å². The molecule has 3 unspecified atom stereocenters. The number of hydrogen-bond donors (Lipinski definition) is 2. The molecule has 19 heavy (non-hydrogen) atoms. The van der Waals surface area contributed by atoms with Crippen LogP contribution in [0.3, 0.4) is 0 Å². The van der Waals surface area contributed by atoms with E-state index in [1.807, 2.05) is 6.92 Å². The van der Waals surface area contributed by atoms with Gasteiger partial charge >= 0.3 is 5.97 Å². The Morgan fingerprint density at radius 2 is 2.00 bits per heavy atom. The number of aliphatic hydroxyl groups is 1. The lowest BCUT2D eigenvalue weighted by atomic mass is 9.88. The van der Waals surface area contributed by atoms with Crippen LogP contribution in [0.15, 0.2) is 0 Å². The standard InChI is InChI=1S/C14H25NO4/c1-2-19-9-13(16)8-15-11-3-4-12(15)6-10(5-11)7-14(17)18/h10-13,16H,2-9H2,1H3,(H,17,18). The van der Waals surface area contributed by atoms with Crippen LogP contribution in [0.5, 0.6) is 0 Å². The van der Waals surface area contributed by atoms with Gasteiger partial charge in [-0.2, -0.15) is 0 Å². The maximum absolute atomic E-state index is 10.8. The van der Waals surface area contributed by atoms with E-state index in [0.717, 1.165) is 25.7 Å². The molecule has 0 aromatic carbocycles.